The van der Waals surface area contributed by atoms with E-state index in [2.05, 4.69) is 31.9 Å². The Morgan fingerprint density at radius 3 is 2.74 bits per heavy atom. The van der Waals surface area contributed by atoms with Crippen molar-refractivity contribution in [1.29, 1.82) is 0 Å². The van der Waals surface area contributed by atoms with Gasteiger partial charge >= 0.3 is 0 Å². The quantitative estimate of drug-likeness (QED) is 0.548. The van der Waals surface area contributed by atoms with Crippen molar-refractivity contribution in [2.45, 2.75) is 6.42 Å². The Hall–Kier alpha value is -0.910. The van der Waals surface area contributed by atoms with Gasteiger partial charge in [0.15, 0.2) is 5.76 Å². The number of Topliss-reactive ketones (excluding diaryl/α,β-unsaturated/α-hetero) is 1. The monoisotopic (exact) mass is 398 g/mol. The molecular weight excluding hydrogens is 392 g/mol. The van der Waals surface area contributed by atoms with Gasteiger partial charge in [0.2, 0.25) is 5.78 Å². The number of ketones is 1. The van der Waals surface area contributed by atoms with Gasteiger partial charge < -0.3 is 4.42 Å². The lowest BCUT2D eigenvalue weighted by Crippen LogP contribution is -2.00. The SMILES string of the molecule is O=C(Cc1sccc1Br)c1cc2cccc(Br)c2o1. The van der Waals surface area contributed by atoms with Crippen LogP contribution in [0.5, 0.6) is 0 Å². The number of carbonyl (C=O) groups excluding carboxylic acids is 1. The molecular formula is C14H8Br2O2S. The highest BCUT2D eigenvalue weighted by Gasteiger charge is 2.16. The zero-order chi connectivity index (χ0) is 13.4. The lowest BCUT2D eigenvalue weighted by atomic mass is 10.2. The van der Waals surface area contributed by atoms with Crippen LogP contribution in [-0.2, 0) is 6.42 Å². The van der Waals surface area contributed by atoms with Gasteiger partial charge in [0.05, 0.1) is 4.47 Å². The van der Waals surface area contributed by atoms with Crippen LogP contribution < -0.4 is 0 Å². The van der Waals surface area contributed by atoms with E-state index in [0.29, 0.717) is 12.2 Å². The Bertz CT molecular complexity index is 758. The van der Waals surface area contributed by atoms with Crippen molar-refractivity contribution in [3.63, 3.8) is 0 Å². The standard InChI is InChI=1S/C14H8Br2O2S/c15-9-4-5-19-13(9)7-11(17)12-6-8-2-1-3-10(16)14(8)18-12/h1-6H,7H2. The van der Waals surface area contributed by atoms with Gasteiger partial charge in [0.25, 0.3) is 0 Å². The van der Waals surface area contributed by atoms with Crippen LogP contribution in [0.1, 0.15) is 15.4 Å². The van der Waals surface area contributed by atoms with E-state index in [1.165, 1.54) is 0 Å². The van der Waals surface area contributed by atoms with Gasteiger partial charge in [0, 0.05) is 21.2 Å². The van der Waals surface area contributed by atoms with E-state index in [1.54, 1.807) is 17.4 Å². The second-order valence-electron chi connectivity index (χ2n) is 4.06. The first-order valence-electron chi connectivity index (χ1n) is 5.58. The highest BCUT2D eigenvalue weighted by molar-refractivity contribution is 9.11. The number of hydrogen-bond donors (Lipinski definition) is 0. The minimum absolute atomic E-state index is 0.00810. The van der Waals surface area contributed by atoms with E-state index < -0.39 is 0 Å². The molecule has 96 valence electrons. The summed E-state index contributed by atoms with van der Waals surface area (Å²) in [4.78, 5) is 13.2. The number of halogens is 2. The molecule has 0 aliphatic heterocycles. The molecule has 0 saturated heterocycles. The summed E-state index contributed by atoms with van der Waals surface area (Å²) in [6, 6.07) is 9.50. The zero-order valence-electron chi connectivity index (χ0n) is 9.65. The highest BCUT2D eigenvalue weighted by atomic mass is 79.9. The second-order valence-corrected chi connectivity index (χ2v) is 6.77. The molecule has 0 saturated carbocycles. The Kier molecular flexibility index (Phi) is 3.60. The summed E-state index contributed by atoms with van der Waals surface area (Å²) in [7, 11) is 0. The number of thiophene rings is 1. The van der Waals surface area contributed by atoms with Gasteiger partial charge in [0.1, 0.15) is 5.58 Å². The highest BCUT2D eigenvalue weighted by Crippen LogP contribution is 2.29. The van der Waals surface area contributed by atoms with Crippen molar-refractivity contribution in [3.05, 3.63) is 55.3 Å². The van der Waals surface area contributed by atoms with Gasteiger partial charge in [-0.1, -0.05) is 12.1 Å². The van der Waals surface area contributed by atoms with E-state index in [1.807, 2.05) is 29.6 Å². The average molecular weight is 400 g/mol. The molecule has 5 heteroatoms. The summed E-state index contributed by atoms with van der Waals surface area (Å²) in [5.41, 5.74) is 0.719. The number of rotatable bonds is 3. The van der Waals surface area contributed by atoms with Crippen molar-refractivity contribution < 1.29 is 9.21 Å². The summed E-state index contributed by atoms with van der Waals surface area (Å²) in [5, 5.41) is 2.89. The second kappa shape index (κ2) is 5.23. The van der Waals surface area contributed by atoms with Crippen molar-refractivity contribution in [3.8, 4) is 0 Å². The number of benzene rings is 1. The summed E-state index contributed by atoms with van der Waals surface area (Å²) in [6.45, 7) is 0. The van der Waals surface area contributed by atoms with E-state index in [4.69, 9.17) is 4.42 Å². The van der Waals surface area contributed by atoms with Crippen LogP contribution in [0.4, 0.5) is 0 Å². The predicted octanol–water partition coefficient (Wildman–Crippen LogP) is 5.44. The molecule has 3 rings (SSSR count). The molecule has 0 unspecified atom stereocenters. The smallest absolute Gasteiger partial charge is 0.203 e. The molecule has 0 bridgehead atoms. The van der Waals surface area contributed by atoms with Gasteiger partial charge in [-0.05, 0) is 55.4 Å². The largest absolute Gasteiger partial charge is 0.452 e. The molecule has 0 atom stereocenters. The third-order valence-electron chi connectivity index (χ3n) is 2.78. The molecule has 0 aliphatic rings. The molecule has 2 aromatic heterocycles. The molecule has 3 aromatic rings. The maximum absolute atomic E-state index is 12.2. The number of para-hydroxylation sites is 1. The Labute approximate surface area is 130 Å². The number of furan rings is 1. The molecule has 0 spiro atoms. The van der Waals surface area contributed by atoms with Crippen LogP contribution in [-0.4, -0.2) is 5.78 Å². The van der Waals surface area contributed by atoms with E-state index >= 15 is 0 Å². The maximum atomic E-state index is 12.2. The van der Waals surface area contributed by atoms with Crippen LogP contribution in [0.25, 0.3) is 11.0 Å². The first-order chi connectivity index (χ1) is 9.15. The van der Waals surface area contributed by atoms with Crippen molar-refractivity contribution in [2.24, 2.45) is 0 Å². The van der Waals surface area contributed by atoms with Crippen molar-refractivity contribution in [1.82, 2.24) is 0 Å². The number of carbonyl (C=O) groups is 1. The van der Waals surface area contributed by atoms with E-state index in [-0.39, 0.29) is 5.78 Å². The molecule has 19 heavy (non-hydrogen) atoms. The summed E-state index contributed by atoms with van der Waals surface area (Å²) in [5.74, 6) is 0.397. The molecule has 0 fully saturated rings. The van der Waals surface area contributed by atoms with Crippen LogP contribution in [0.15, 0.2) is 49.1 Å². The molecule has 0 N–H and O–H groups in total. The van der Waals surface area contributed by atoms with Gasteiger partial charge in [-0.25, -0.2) is 0 Å². The van der Waals surface area contributed by atoms with E-state index in [0.717, 1.165) is 24.8 Å². The topological polar surface area (TPSA) is 30.2 Å². The van der Waals surface area contributed by atoms with Gasteiger partial charge in [-0.2, -0.15) is 0 Å². The zero-order valence-corrected chi connectivity index (χ0v) is 13.6. The Morgan fingerprint density at radius 2 is 2.05 bits per heavy atom. The minimum atomic E-state index is -0.00810. The third kappa shape index (κ3) is 2.55. The Balaban J connectivity index is 1.94. The lowest BCUT2D eigenvalue weighted by Gasteiger charge is -1.96. The molecule has 1 aromatic carbocycles. The predicted molar refractivity (Wildman–Crippen MR) is 84.0 cm³/mol. The van der Waals surface area contributed by atoms with Gasteiger partial charge in [-0.3, -0.25) is 4.79 Å². The summed E-state index contributed by atoms with van der Waals surface area (Å²) >= 11 is 8.42. The number of hydrogen-bond acceptors (Lipinski definition) is 3. The average Bonchev–Trinajstić information content (AvgIpc) is 2.97. The van der Waals surface area contributed by atoms with Crippen molar-refractivity contribution >= 4 is 59.9 Å². The van der Waals surface area contributed by atoms with Crippen molar-refractivity contribution in [2.75, 3.05) is 0 Å². The fraction of sp³-hybridized carbons (Fsp3) is 0.0714. The minimum Gasteiger partial charge on any atom is -0.452 e. The fourth-order valence-corrected chi connectivity index (χ4v) is 3.80. The van der Waals surface area contributed by atoms with Crippen LogP contribution in [0.3, 0.4) is 0 Å². The third-order valence-corrected chi connectivity index (χ3v) is 5.33. The molecule has 0 aliphatic carbocycles. The van der Waals surface area contributed by atoms with Gasteiger partial charge in [-0.15, -0.1) is 11.3 Å². The molecule has 2 heterocycles. The fourth-order valence-electron chi connectivity index (χ4n) is 1.85. The first-order valence-corrected chi connectivity index (χ1v) is 8.05. The first kappa shape index (κ1) is 13.1. The van der Waals surface area contributed by atoms with E-state index in [9.17, 15) is 4.79 Å². The Morgan fingerprint density at radius 1 is 1.21 bits per heavy atom. The molecule has 2 nitrogen and oxygen atoms in total. The maximum Gasteiger partial charge on any atom is 0.203 e. The summed E-state index contributed by atoms with van der Waals surface area (Å²) in [6.07, 6.45) is 0.357. The normalized spacial score (nSPS) is 11.1. The van der Waals surface area contributed by atoms with Crippen LogP contribution in [0, 0.1) is 0 Å². The van der Waals surface area contributed by atoms with Crippen LogP contribution >= 0.6 is 43.2 Å². The lowest BCUT2D eigenvalue weighted by molar-refractivity contribution is 0.0969. The molecule has 0 radical (unpaired) electrons. The van der Waals surface area contributed by atoms with Crippen LogP contribution in [0.2, 0.25) is 0 Å². The molecule has 0 amide bonds. The summed E-state index contributed by atoms with van der Waals surface area (Å²) < 4.78 is 7.48. The number of fused-ring (bicyclic) bond motifs is 1.